The van der Waals surface area contributed by atoms with Gasteiger partial charge in [-0.15, -0.1) is 4.91 Å². The number of aliphatic hydroxyl groups is 1. The number of quaternary nitrogens is 1. The van der Waals surface area contributed by atoms with Gasteiger partial charge in [-0.3, -0.25) is 0 Å². The van der Waals surface area contributed by atoms with Crippen molar-refractivity contribution in [3.63, 3.8) is 0 Å². The second-order valence-electron chi connectivity index (χ2n) is 5.41. The number of nitrogens with two attached hydrogens (primary N) is 1. The zero-order valence-electron chi connectivity index (χ0n) is 12.0. The second-order valence-corrected chi connectivity index (χ2v) is 6.15. The first-order chi connectivity index (χ1) is 9.90. The number of likely N-dealkylation sites (tertiary alicyclic amines) is 1. The van der Waals surface area contributed by atoms with E-state index in [1.54, 1.807) is 6.92 Å². The van der Waals surface area contributed by atoms with E-state index in [4.69, 9.17) is 5.73 Å². The number of amides is 2. The van der Waals surface area contributed by atoms with E-state index in [2.05, 4.69) is 4.58 Å². The summed E-state index contributed by atoms with van der Waals surface area (Å²) < 4.78 is 1.89. The van der Waals surface area contributed by atoms with Crippen LogP contribution in [0.25, 0.3) is 0 Å². The van der Waals surface area contributed by atoms with Crippen LogP contribution in [0, 0.1) is 10.8 Å². The molecule has 1 saturated heterocycles. The van der Waals surface area contributed by atoms with Gasteiger partial charge in [0.2, 0.25) is 0 Å². The van der Waals surface area contributed by atoms with Gasteiger partial charge in [0.1, 0.15) is 18.7 Å². The molecule has 4 N–H and O–H groups in total. The standard InChI is InChI=1S/C12H21N3O5S/c1-8-5-10(16)6-15(8,12(18)19)11(17)9(3-2-4-13)7-21-14-20/h8-10,16H,2-7,13H2,1H3/p+1/t8-,9-,10?,15?/m1/s1. The lowest BCUT2D eigenvalue weighted by atomic mass is 10.0. The molecule has 0 aromatic carbocycles. The Labute approximate surface area is 127 Å². The van der Waals surface area contributed by atoms with Crippen LogP contribution in [0.2, 0.25) is 0 Å². The minimum Gasteiger partial charge on any atom is -0.435 e. The molecule has 0 spiro atoms. The van der Waals surface area contributed by atoms with E-state index < -0.39 is 34.5 Å². The zero-order valence-corrected chi connectivity index (χ0v) is 12.8. The normalized spacial score (nSPS) is 30.0. The summed E-state index contributed by atoms with van der Waals surface area (Å²) >= 11 is 0.709. The molecular weight excluding hydrogens is 298 g/mol. The number of hydrogen-bond donors (Lipinski definition) is 3. The van der Waals surface area contributed by atoms with Crippen molar-refractivity contribution in [3.8, 4) is 0 Å². The van der Waals surface area contributed by atoms with Gasteiger partial charge in [-0.2, -0.15) is 9.28 Å². The predicted octanol–water partition coefficient (Wildman–Crippen LogP) is 0.931. The number of carbonyl (C=O) groups excluding carboxylic acids is 1. The largest absolute Gasteiger partial charge is 0.521 e. The van der Waals surface area contributed by atoms with Gasteiger partial charge in [-0.1, -0.05) is 0 Å². The van der Waals surface area contributed by atoms with E-state index in [1.165, 1.54) is 0 Å². The molecule has 1 heterocycles. The highest BCUT2D eigenvalue weighted by atomic mass is 32.2. The summed E-state index contributed by atoms with van der Waals surface area (Å²) in [6, 6.07) is -0.500. The van der Waals surface area contributed by atoms with E-state index in [9.17, 15) is 24.7 Å². The molecule has 0 aliphatic carbocycles. The second kappa shape index (κ2) is 7.83. The van der Waals surface area contributed by atoms with E-state index >= 15 is 0 Å². The summed E-state index contributed by atoms with van der Waals surface area (Å²) in [6.07, 6.45) is -0.834. The van der Waals surface area contributed by atoms with Gasteiger partial charge in [0.05, 0.1) is 5.92 Å². The first kappa shape index (κ1) is 18.0. The quantitative estimate of drug-likeness (QED) is 0.361. The van der Waals surface area contributed by atoms with Crippen LogP contribution in [0.4, 0.5) is 4.79 Å². The fourth-order valence-corrected chi connectivity index (χ4v) is 3.47. The topological polar surface area (TPSA) is 130 Å². The summed E-state index contributed by atoms with van der Waals surface area (Å²) in [6.45, 7) is 1.90. The average molecular weight is 320 g/mol. The summed E-state index contributed by atoms with van der Waals surface area (Å²) in [5.74, 6) is -0.949. The van der Waals surface area contributed by atoms with Gasteiger partial charge in [0.15, 0.2) is 0 Å². The van der Waals surface area contributed by atoms with Crippen LogP contribution in [0.5, 0.6) is 0 Å². The first-order valence-electron chi connectivity index (χ1n) is 6.88. The third-order valence-electron chi connectivity index (χ3n) is 4.03. The number of carbonyl (C=O) groups is 2. The number of carboxylic acid groups (broad SMARTS) is 1. The molecule has 1 aliphatic rings. The number of aliphatic hydroxyl groups excluding tert-OH is 1. The highest BCUT2D eigenvalue weighted by Gasteiger charge is 2.57. The molecule has 0 aromatic rings. The lowest BCUT2D eigenvalue weighted by Crippen LogP contribution is -2.61. The van der Waals surface area contributed by atoms with Crippen LogP contribution in [-0.4, -0.2) is 57.7 Å². The van der Waals surface area contributed by atoms with Gasteiger partial charge < -0.3 is 15.9 Å². The summed E-state index contributed by atoms with van der Waals surface area (Å²) in [7, 11) is 0. The number of imide groups is 1. The van der Waals surface area contributed by atoms with E-state index in [0.29, 0.717) is 31.3 Å². The smallest absolute Gasteiger partial charge is 0.435 e. The molecule has 1 fully saturated rings. The molecule has 8 nitrogen and oxygen atoms in total. The lowest BCUT2D eigenvalue weighted by molar-refractivity contribution is -0.795. The Morgan fingerprint density at radius 1 is 1.52 bits per heavy atom. The minimum atomic E-state index is -1.26. The Bertz CT molecular complexity index is 408. The van der Waals surface area contributed by atoms with Crippen molar-refractivity contribution >= 4 is 23.9 Å². The van der Waals surface area contributed by atoms with Crippen molar-refractivity contribution in [3.05, 3.63) is 4.91 Å². The molecule has 2 unspecified atom stereocenters. The summed E-state index contributed by atoms with van der Waals surface area (Å²) in [5.41, 5.74) is 5.44. The van der Waals surface area contributed by atoms with Crippen LogP contribution in [0.15, 0.2) is 4.58 Å². The van der Waals surface area contributed by atoms with Crippen molar-refractivity contribution in [1.29, 1.82) is 0 Å². The first-order valence-corrected chi connectivity index (χ1v) is 7.82. The molecule has 1 rings (SSSR count). The third-order valence-corrected chi connectivity index (χ3v) is 4.69. The van der Waals surface area contributed by atoms with Crippen molar-refractivity contribution in [2.24, 2.45) is 16.2 Å². The zero-order chi connectivity index (χ0) is 16.0. The van der Waals surface area contributed by atoms with Gasteiger partial charge in [0.25, 0.3) is 0 Å². The molecule has 1 aliphatic heterocycles. The summed E-state index contributed by atoms with van der Waals surface area (Å²) in [5, 5.41) is 19.3. The van der Waals surface area contributed by atoms with Crippen molar-refractivity contribution < 1.29 is 24.3 Å². The molecule has 2 amide bonds. The Kier molecular flexibility index (Phi) is 6.72. The maximum atomic E-state index is 12.8. The highest BCUT2D eigenvalue weighted by Crippen LogP contribution is 2.32. The SMILES string of the molecule is C[C@@H]1CC(O)C[N+]1(C(=O)O)C(=O)[C@H](CCCN)CSN=O. The van der Waals surface area contributed by atoms with Gasteiger partial charge >= 0.3 is 12.0 Å². The lowest BCUT2D eigenvalue weighted by Gasteiger charge is -2.32. The van der Waals surface area contributed by atoms with Crippen LogP contribution < -0.4 is 5.73 Å². The molecular formula is C12H22N3O5S+. The molecule has 0 aromatic heterocycles. The fraction of sp³-hybridized carbons (Fsp3) is 0.833. The average Bonchev–Trinajstić information content (AvgIpc) is 2.74. The molecule has 9 heteroatoms. The number of hydrogen-bond acceptors (Lipinski definition) is 7. The number of nitroso groups, excluding NO2 is 1. The van der Waals surface area contributed by atoms with E-state index in [1.807, 2.05) is 0 Å². The van der Waals surface area contributed by atoms with Crippen LogP contribution in [0.1, 0.15) is 26.2 Å². The van der Waals surface area contributed by atoms with E-state index in [-0.39, 0.29) is 18.7 Å². The van der Waals surface area contributed by atoms with Crippen LogP contribution >= 0.6 is 11.9 Å². The molecule has 0 radical (unpaired) electrons. The molecule has 21 heavy (non-hydrogen) atoms. The Morgan fingerprint density at radius 3 is 2.62 bits per heavy atom. The number of nitrogens with zero attached hydrogens (tertiary/aromatic N) is 2. The Morgan fingerprint density at radius 2 is 2.19 bits per heavy atom. The molecule has 4 atom stereocenters. The maximum absolute atomic E-state index is 12.8. The summed E-state index contributed by atoms with van der Waals surface area (Å²) in [4.78, 5) is 34.7. The molecule has 120 valence electrons. The maximum Gasteiger partial charge on any atom is 0.521 e. The monoisotopic (exact) mass is 320 g/mol. The predicted molar refractivity (Wildman–Crippen MR) is 78.3 cm³/mol. The van der Waals surface area contributed by atoms with Crippen molar-refractivity contribution in [1.82, 2.24) is 0 Å². The minimum absolute atomic E-state index is 0.131. The van der Waals surface area contributed by atoms with Crippen LogP contribution in [0.3, 0.4) is 0 Å². The van der Waals surface area contributed by atoms with Gasteiger partial charge in [-0.25, -0.2) is 4.79 Å². The molecule has 0 bridgehead atoms. The Balaban J connectivity index is 3.01. The Hall–Kier alpha value is -1.03. The van der Waals surface area contributed by atoms with Crippen LogP contribution in [-0.2, 0) is 4.79 Å². The van der Waals surface area contributed by atoms with Crippen molar-refractivity contribution in [2.45, 2.75) is 38.3 Å². The fourth-order valence-electron chi connectivity index (χ4n) is 2.92. The van der Waals surface area contributed by atoms with Gasteiger partial charge in [0, 0.05) is 28.7 Å². The van der Waals surface area contributed by atoms with Crippen molar-refractivity contribution in [2.75, 3.05) is 18.8 Å². The number of rotatable bonds is 7. The third kappa shape index (κ3) is 3.79. The molecule has 0 saturated carbocycles. The highest BCUT2D eigenvalue weighted by molar-refractivity contribution is 7.97. The van der Waals surface area contributed by atoms with Gasteiger partial charge in [-0.05, 0) is 26.3 Å². The van der Waals surface area contributed by atoms with E-state index in [0.717, 1.165) is 0 Å².